The number of nitrogens with zero attached hydrogens (tertiary/aromatic N) is 14. The summed E-state index contributed by atoms with van der Waals surface area (Å²) >= 11 is 0. The highest BCUT2D eigenvalue weighted by atomic mass is 19.2. The summed E-state index contributed by atoms with van der Waals surface area (Å²) in [4.78, 5) is 123. The number of hydrogen-bond donors (Lipinski definition) is 7. The predicted molar refractivity (Wildman–Crippen MR) is 423 cm³/mol. The summed E-state index contributed by atoms with van der Waals surface area (Å²) in [6, 6.07) is 41.1. The van der Waals surface area contributed by atoms with Crippen LogP contribution in [0.1, 0.15) is 62.6 Å². The maximum atomic E-state index is 13.5. The maximum Gasteiger partial charge on any atom is 0.269 e. The largest absolute Gasteiger partial charge is 0.493 e. The summed E-state index contributed by atoms with van der Waals surface area (Å²) in [5.74, 6) is -6.05. The maximum absolute atomic E-state index is 13.5. The first-order valence-corrected chi connectivity index (χ1v) is 34.7. The molecule has 14 aromatic rings. The van der Waals surface area contributed by atoms with Gasteiger partial charge in [-0.2, -0.15) is 36.8 Å². The number of benzene rings is 7. The zero-order chi connectivity index (χ0) is 89.7. The fourth-order valence-electron chi connectivity index (χ4n) is 10.8. The van der Waals surface area contributed by atoms with Crippen LogP contribution in [0.5, 0.6) is 17.2 Å². The summed E-state index contributed by atoms with van der Waals surface area (Å²) in [5.41, 5.74) is 0.541. The van der Waals surface area contributed by atoms with E-state index in [1.54, 1.807) is 36.4 Å². The van der Waals surface area contributed by atoms with Crippen LogP contribution < -0.4 is 53.1 Å². The van der Waals surface area contributed by atoms with Crippen molar-refractivity contribution in [1.29, 1.82) is 36.8 Å². The number of aryl methyl sites for hydroxylation is 3. The van der Waals surface area contributed by atoms with E-state index >= 15 is 0 Å². The van der Waals surface area contributed by atoms with Gasteiger partial charge in [0, 0.05) is 45.0 Å². The summed E-state index contributed by atoms with van der Waals surface area (Å²) in [6.45, 7) is 5.96. The molecule has 7 heterocycles. The Bertz CT molecular complexity index is 6870. The number of nitriles is 7. The number of halogens is 8. The molecule has 0 radical (unpaired) electrons. The van der Waals surface area contributed by atoms with E-state index in [2.05, 4.69) is 76.7 Å². The van der Waals surface area contributed by atoms with Crippen molar-refractivity contribution in [3.8, 4) is 139 Å². The zero-order valence-corrected chi connectivity index (χ0v) is 64.2. The van der Waals surface area contributed by atoms with Crippen molar-refractivity contribution >= 4 is 0 Å². The molecule has 0 aliphatic rings. The van der Waals surface area contributed by atoms with Crippen molar-refractivity contribution < 1.29 is 49.3 Å². The molecule has 0 atom stereocenters. The molecule has 0 amide bonds. The Morgan fingerprint density at radius 1 is 0.317 bits per heavy atom. The van der Waals surface area contributed by atoms with Crippen LogP contribution in [0.4, 0.5) is 35.1 Å². The predicted octanol–water partition coefficient (Wildman–Crippen LogP) is 11.5. The van der Waals surface area contributed by atoms with Gasteiger partial charge in [0.1, 0.15) is 105 Å². The molecule has 0 saturated heterocycles. The van der Waals surface area contributed by atoms with Crippen molar-refractivity contribution in [3.05, 3.63) is 346 Å². The minimum absolute atomic E-state index is 0.0233. The van der Waals surface area contributed by atoms with E-state index in [0.29, 0.717) is 40.3 Å². The second kappa shape index (κ2) is 42.5. The standard InChI is InChI=1S/C14H13N3O4.2C13H11N3O.4C11H5F2N3O/c1-19-10-4-8(5-11(20-2)13(10)21-3)12-9(6-15)14(18)17-7-16-12;1-8-3-4-9(2)10(5-8)12-11(6-14)13(17)16-7-15-12;1-2-9-3-5-10(6-4-9)12-11(7-14)13(17)16-8-15-12;12-8-2-1-6(3-9(8)13)10-7(4-14)11(17)16-5-15-10;12-6-1-2-9(13)7(3-6)10-8(4-14)11(17)16-5-15-10;12-6-1-2-7(9(13)3-6)10-8(4-14)11(17)16-5-15-10;12-8-3-1-2-6(9(8)13)10-7(4-14)11(17)16-5-15-10/h4-5,7H,1-3H3,(H,16,17,18);3-5,7H,1-2H3,(H,15,16,17);3-6,8H,2H2,1H3,(H,15,16,17);4*1-3,5H,(H,15,16,17). The van der Waals surface area contributed by atoms with Crippen LogP contribution in [0.2, 0.25) is 0 Å². The monoisotopic (exact) mass is 1670 g/mol. The smallest absolute Gasteiger partial charge is 0.269 e. The lowest BCUT2D eigenvalue weighted by molar-refractivity contribution is 0.324. The van der Waals surface area contributed by atoms with Gasteiger partial charge >= 0.3 is 0 Å². The van der Waals surface area contributed by atoms with Gasteiger partial charge in [0.15, 0.2) is 34.8 Å². The van der Waals surface area contributed by atoms with Crippen LogP contribution in [0.25, 0.3) is 78.8 Å². The molecule has 0 unspecified atom stereocenters. The van der Waals surface area contributed by atoms with Gasteiger partial charge in [-0.25, -0.2) is 70.0 Å². The number of nitrogens with one attached hydrogen (secondary N) is 7. The highest BCUT2D eigenvalue weighted by Crippen LogP contribution is 2.41. The van der Waals surface area contributed by atoms with Gasteiger partial charge in [0.25, 0.3) is 38.9 Å². The van der Waals surface area contributed by atoms with Gasteiger partial charge in [-0.3, -0.25) is 33.6 Å². The summed E-state index contributed by atoms with van der Waals surface area (Å²) < 4.78 is 121. The van der Waals surface area contributed by atoms with Gasteiger partial charge in [0.2, 0.25) is 5.75 Å². The van der Waals surface area contributed by atoms with Crippen LogP contribution in [-0.4, -0.2) is 91.1 Å². The first-order valence-electron chi connectivity index (χ1n) is 34.7. The van der Waals surface area contributed by atoms with Crippen molar-refractivity contribution in [2.24, 2.45) is 0 Å². The molecule has 0 aliphatic heterocycles. The number of aromatic amines is 7. The van der Waals surface area contributed by atoms with Crippen LogP contribution in [0.3, 0.4) is 0 Å². The van der Waals surface area contributed by atoms with Gasteiger partial charge < -0.3 is 49.1 Å². The van der Waals surface area contributed by atoms with Crippen molar-refractivity contribution in [3.63, 3.8) is 0 Å². The Labute approximate surface area is 686 Å². The number of methoxy groups -OCH3 is 3. The number of ether oxygens (including phenoxy) is 3. The molecule has 0 aliphatic carbocycles. The number of hydrogen-bond acceptors (Lipinski definition) is 24. The van der Waals surface area contributed by atoms with E-state index in [1.165, 1.54) is 64.1 Å². The zero-order valence-electron chi connectivity index (χ0n) is 64.2. The van der Waals surface area contributed by atoms with Crippen LogP contribution in [0, 0.1) is 140 Å². The normalized spacial score (nSPS) is 9.91. The quantitative estimate of drug-likeness (QED) is 0.0591. The van der Waals surface area contributed by atoms with Crippen LogP contribution in [-0.2, 0) is 6.42 Å². The number of aromatic nitrogens is 14. The molecule has 612 valence electrons. The minimum atomic E-state index is -1.14. The molecule has 31 nitrogen and oxygen atoms in total. The van der Waals surface area contributed by atoms with Crippen molar-refractivity contribution in [1.82, 2.24) is 69.8 Å². The highest BCUT2D eigenvalue weighted by Gasteiger charge is 2.22. The molecule has 7 aromatic carbocycles. The van der Waals surface area contributed by atoms with E-state index in [4.69, 9.17) is 51.0 Å². The second-order valence-corrected chi connectivity index (χ2v) is 24.2. The highest BCUT2D eigenvalue weighted by molar-refractivity contribution is 5.74. The molecule has 14 rings (SSSR count). The van der Waals surface area contributed by atoms with Gasteiger partial charge in [-0.15, -0.1) is 0 Å². The fraction of sp³-hybridized carbons (Fsp3) is 0.0833. The third-order valence-electron chi connectivity index (χ3n) is 16.7. The van der Waals surface area contributed by atoms with Crippen LogP contribution in [0.15, 0.2) is 205 Å². The molecule has 0 saturated carbocycles. The van der Waals surface area contributed by atoms with Gasteiger partial charge in [-0.1, -0.05) is 55.0 Å². The van der Waals surface area contributed by atoms with E-state index in [1.807, 2.05) is 74.5 Å². The lowest BCUT2D eigenvalue weighted by Crippen LogP contribution is -2.12. The van der Waals surface area contributed by atoms with Crippen molar-refractivity contribution in [2.45, 2.75) is 27.2 Å². The fourth-order valence-corrected chi connectivity index (χ4v) is 10.8. The second-order valence-electron chi connectivity index (χ2n) is 24.2. The molecular weight excluding hydrogens is 1620 g/mol. The van der Waals surface area contributed by atoms with E-state index in [0.717, 1.165) is 103 Å². The molecule has 123 heavy (non-hydrogen) atoms. The summed E-state index contributed by atoms with van der Waals surface area (Å²) in [6.07, 6.45) is 9.04. The third-order valence-corrected chi connectivity index (χ3v) is 16.7. The van der Waals surface area contributed by atoms with Gasteiger partial charge in [-0.05, 0) is 110 Å². The van der Waals surface area contributed by atoms with E-state index < -0.39 is 85.5 Å². The van der Waals surface area contributed by atoms with E-state index in [9.17, 15) is 68.7 Å². The Morgan fingerprint density at radius 3 is 1.09 bits per heavy atom. The van der Waals surface area contributed by atoms with Crippen molar-refractivity contribution in [2.75, 3.05) is 21.3 Å². The average molecular weight is 1670 g/mol. The van der Waals surface area contributed by atoms with Crippen LogP contribution >= 0.6 is 0 Å². The molecule has 0 spiro atoms. The number of H-pyrrole nitrogens is 7. The molecule has 39 heteroatoms. The first-order chi connectivity index (χ1) is 59.1. The molecule has 7 aromatic heterocycles. The summed E-state index contributed by atoms with van der Waals surface area (Å²) in [5, 5.41) is 62.3. The minimum Gasteiger partial charge on any atom is -0.493 e. The Morgan fingerprint density at radius 2 is 0.683 bits per heavy atom. The molecule has 0 fully saturated rings. The average Bonchev–Trinajstić information content (AvgIpc) is 0.785. The Kier molecular flexibility index (Phi) is 31.3. The topological polar surface area (TPSA) is 514 Å². The lowest BCUT2D eigenvalue weighted by Gasteiger charge is -2.14. The number of rotatable bonds is 11. The summed E-state index contributed by atoms with van der Waals surface area (Å²) in [7, 11) is 4.46. The molecular formula is C84H55F8N21O10. The van der Waals surface area contributed by atoms with E-state index in [-0.39, 0.29) is 89.7 Å². The SMILES string of the molecule is CCc1ccc(-c2nc[nH]c(=O)c2C#N)cc1.COc1cc(-c2nc[nH]c(=O)c2C#N)cc(OC)c1OC.Cc1ccc(C)c(-c2nc[nH]c(=O)c2C#N)c1.N#Cc1c(-c2cc(F)ccc2F)nc[nH]c1=O.N#Cc1c(-c2ccc(F)c(F)c2)nc[nH]c1=O.N#Cc1c(-c2ccc(F)cc2F)nc[nH]c1=O.N#Cc1c(-c2cccc(F)c2F)nc[nH]c1=O. The Balaban J connectivity index is 0.000000178. The molecule has 7 N–H and O–H groups in total. The first kappa shape index (κ1) is 90.5. The van der Waals surface area contributed by atoms with Gasteiger partial charge in [0.05, 0.1) is 105 Å². The lowest BCUT2D eigenvalue weighted by atomic mass is 10.0. The Hall–Kier alpha value is -18.0. The third kappa shape index (κ3) is 21.9. The molecule has 0 bridgehead atoms.